The number of para-hydroxylation sites is 2. The molecule has 0 atom stereocenters. The highest BCUT2D eigenvalue weighted by Gasteiger charge is 2.46. The van der Waals surface area contributed by atoms with Crippen LogP contribution in [0, 0.1) is 0 Å². The predicted octanol–water partition coefficient (Wildman–Crippen LogP) is 5.87. The summed E-state index contributed by atoms with van der Waals surface area (Å²) in [5.41, 5.74) is 2.78. The van der Waals surface area contributed by atoms with Gasteiger partial charge in [0.2, 0.25) is 0 Å². The molecule has 0 spiro atoms. The van der Waals surface area contributed by atoms with Crippen LogP contribution in [0.3, 0.4) is 0 Å². The molecule has 4 aliphatic rings. The Balaban J connectivity index is 1.31. The van der Waals surface area contributed by atoms with Gasteiger partial charge in [-0.15, -0.1) is 0 Å². The van der Waals surface area contributed by atoms with Gasteiger partial charge in [-0.25, -0.2) is 28.8 Å². The highest BCUT2D eigenvalue weighted by molar-refractivity contribution is 6.29. The zero-order valence-electron chi connectivity index (χ0n) is 43.7. The number of barbiturate groups is 2. The average Bonchev–Trinajstić information content (AvgIpc) is 3.77. The molecular weight excluding hydrogens is 993 g/mol. The van der Waals surface area contributed by atoms with Crippen LogP contribution in [-0.2, 0) is 68.1 Å². The number of urea groups is 2. The number of benzene rings is 2. The molecule has 2 aromatic carbocycles. The second-order valence-electron chi connectivity index (χ2n) is 18.8. The molecule has 4 aliphatic heterocycles. The van der Waals surface area contributed by atoms with Gasteiger partial charge in [0.05, 0.1) is 26.3 Å². The number of nitrogens with zero attached hydrogens (tertiary/aromatic N) is 6. The van der Waals surface area contributed by atoms with E-state index in [2.05, 4.69) is 26.3 Å². The molecule has 8 amide bonds. The number of anilines is 2. The van der Waals surface area contributed by atoms with Crippen molar-refractivity contribution in [1.82, 2.24) is 19.6 Å². The number of imide groups is 4. The Bertz CT molecular complexity index is 2730. The molecular formula is C57H62N6O14. The molecule has 2 aromatic rings. The molecule has 4 heterocycles. The summed E-state index contributed by atoms with van der Waals surface area (Å²) in [6.07, 6.45) is 10.4. The summed E-state index contributed by atoms with van der Waals surface area (Å²) >= 11 is 0. The van der Waals surface area contributed by atoms with Crippen molar-refractivity contribution in [3.05, 3.63) is 157 Å². The van der Waals surface area contributed by atoms with E-state index in [1.54, 1.807) is 12.2 Å². The summed E-state index contributed by atoms with van der Waals surface area (Å²) in [5, 5.41) is 0. The molecule has 20 heteroatoms. The quantitative estimate of drug-likeness (QED) is 0.0394. The number of carbonyl (C=O) groups excluding carboxylic acids is 10. The zero-order valence-corrected chi connectivity index (χ0v) is 43.7. The first kappa shape index (κ1) is 57.3. The van der Waals surface area contributed by atoms with Crippen LogP contribution in [0.2, 0.25) is 0 Å². The smallest absolute Gasteiger partial charge is 0.334 e. The number of allylic oxidation sites excluding steroid dienone is 6. The third-order valence-corrected chi connectivity index (χ3v) is 13.3. The number of esters is 4. The first-order valence-electron chi connectivity index (χ1n) is 24.9. The number of amides is 8. The Morgan fingerprint density at radius 3 is 1.05 bits per heavy atom. The van der Waals surface area contributed by atoms with E-state index in [1.807, 2.05) is 86.0 Å². The third kappa shape index (κ3) is 12.4. The lowest BCUT2D eigenvalue weighted by molar-refractivity contribution is -0.142. The standard InChI is InChI=1S/C57H62N6O14/c1-9-46(64)74-34-18-30-58-42-22-15-13-20-40(42)56(5,6)44(58)26-24-38-50(68)60(54(72)62(52(38)70)32-36-76-48(66)11-3)28-17-29-61-51(69)39(53(71)63(55(61)73)33-37-77-49(67)12-4)25-27-45-57(7,8)41-21-14-16-23-43(41)59(45)31-19-35-75-47(65)10-2/h9-16,20-27H,1-4,17-19,28-37H2,5-8H3/b38-24-,39-25-,44-26+,45-27+. The van der Waals surface area contributed by atoms with Gasteiger partial charge in [-0.2, -0.15) is 0 Å². The Kier molecular flexibility index (Phi) is 18.7. The monoisotopic (exact) mass is 1050 g/mol. The van der Waals surface area contributed by atoms with Crippen molar-refractivity contribution in [3.63, 3.8) is 0 Å². The Morgan fingerprint density at radius 1 is 0.416 bits per heavy atom. The van der Waals surface area contributed by atoms with Crippen LogP contribution in [-0.4, -0.2) is 145 Å². The van der Waals surface area contributed by atoms with Crippen molar-refractivity contribution in [1.29, 1.82) is 0 Å². The molecule has 20 nitrogen and oxygen atoms in total. The fourth-order valence-corrected chi connectivity index (χ4v) is 9.45. The molecule has 77 heavy (non-hydrogen) atoms. The van der Waals surface area contributed by atoms with Crippen molar-refractivity contribution in [2.75, 3.05) is 75.5 Å². The summed E-state index contributed by atoms with van der Waals surface area (Å²) in [6.45, 7) is 19.7. The van der Waals surface area contributed by atoms with Crippen LogP contribution in [0.4, 0.5) is 21.0 Å². The van der Waals surface area contributed by atoms with Crippen molar-refractivity contribution in [2.24, 2.45) is 0 Å². The van der Waals surface area contributed by atoms with Gasteiger partial charge in [0.1, 0.15) is 24.4 Å². The summed E-state index contributed by atoms with van der Waals surface area (Å²) in [6, 6.07) is 13.1. The molecule has 2 fully saturated rings. The minimum absolute atomic E-state index is 0.0903. The number of ether oxygens (including phenoxy) is 4. The van der Waals surface area contributed by atoms with Crippen molar-refractivity contribution in [3.8, 4) is 0 Å². The van der Waals surface area contributed by atoms with Crippen LogP contribution in [0.1, 0.15) is 58.1 Å². The number of hydrogen-bond acceptors (Lipinski definition) is 16. The van der Waals surface area contributed by atoms with Gasteiger partial charge in [-0.3, -0.25) is 38.8 Å². The summed E-state index contributed by atoms with van der Waals surface area (Å²) in [5.74, 6) is -6.70. The topological polar surface area (TPSA) is 227 Å². The van der Waals surface area contributed by atoms with Gasteiger partial charge >= 0.3 is 35.9 Å². The van der Waals surface area contributed by atoms with Crippen LogP contribution in [0.15, 0.2) is 146 Å². The largest absolute Gasteiger partial charge is 0.462 e. The number of carbonyl (C=O) groups is 10. The number of rotatable bonds is 24. The first-order chi connectivity index (χ1) is 36.7. The van der Waals surface area contributed by atoms with Gasteiger partial charge in [-0.1, -0.05) is 90.4 Å². The highest BCUT2D eigenvalue weighted by Crippen LogP contribution is 2.49. The normalized spacial score (nSPS) is 18.8. The highest BCUT2D eigenvalue weighted by atomic mass is 16.5. The van der Waals surface area contributed by atoms with E-state index in [0.29, 0.717) is 37.3 Å². The molecule has 2 saturated heterocycles. The maximum atomic E-state index is 14.4. The van der Waals surface area contributed by atoms with Gasteiger partial charge in [0.25, 0.3) is 23.6 Å². The summed E-state index contributed by atoms with van der Waals surface area (Å²) < 4.78 is 20.6. The molecule has 0 unspecified atom stereocenters. The molecule has 0 radical (unpaired) electrons. The first-order valence-corrected chi connectivity index (χ1v) is 24.9. The minimum atomic E-state index is -1.06. The average molecular weight is 1060 g/mol. The second kappa shape index (κ2) is 25.1. The lowest BCUT2D eigenvalue weighted by Crippen LogP contribution is -2.59. The van der Waals surface area contributed by atoms with Crippen LogP contribution >= 0.6 is 0 Å². The van der Waals surface area contributed by atoms with E-state index < -0.39 is 121 Å². The van der Waals surface area contributed by atoms with Crippen molar-refractivity contribution >= 4 is 70.9 Å². The summed E-state index contributed by atoms with van der Waals surface area (Å²) in [7, 11) is 0. The Hall–Kier alpha value is -8.94. The fraction of sp³-hybridized carbons (Fsp3) is 0.333. The summed E-state index contributed by atoms with van der Waals surface area (Å²) in [4.78, 5) is 140. The van der Waals surface area contributed by atoms with E-state index in [4.69, 9.17) is 18.9 Å². The van der Waals surface area contributed by atoms with Gasteiger partial charge < -0.3 is 28.7 Å². The minimum Gasteiger partial charge on any atom is -0.462 e. The van der Waals surface area contributed by atoms with E-state index in [0.717, 1.165) is 66.4 Å². The van der Waals surface area contributed by atoms with Gasteiger partial charge in [0, 0.05) is 84.1 Å². The molecule has 0 aromatic heterocycles. The fourth-order valence-electron chi connectivity index (χ4n) is 9.45. The zero-order chi connectivity index (χ0) is 56.2. The molecule has 404 valence electrons. The van der Waals surface area contributed by atoms with Crippen molar-refractivity contribution < 1.29 is 66.9 Å². The predicted molar refractivity (Wildman–Crippen MR) is 282 cm³/mol. The lowest BCUT2D eigenvalue weighted by atomic mass is 9.83. The van der Waals surface area contributed by atoms with Crippen molar-refractivity contribution in [2.45, 2.75) is 57.8 Å². The molecule has 0 bridgehead atoms. The SMILES string of the molecule is C=CC(=O)OCCCN1/C(=C/C=C2/C(=O)N(CCCN3C(=O)/C(=C/C=C4/N(CCCOC(=O)C=C)c5ccccc5C4(C)C)C(=O)N(CCOC(=O)C=C)C3=O)C(=O)N(CCOC(=O)C=C)C2=O)C(C)(C)c2ccccc21. The number of hydrogen-bond donors (Lipinski definition) is 0. The molecule has 0 N–H and O–H groups in total. The Labute approximate surface area is 446 Å². The van der Waals surface area contributed by atoms with Crippen LogP contribution < -0.4 is 9.80 Å². The van der Waals surface area contributed by atoms with E-state index in [1.165, 1.54) is 12.2 Å². The lowest BCUT2D eigenvalue weighted by Gasteiger charge is -2.36. The van der Waals surface area contributed by atoms with Crippen LogP contribution in [0.25, 0.3) is 0 Å². The second-order valence-corrected chi connectivity index (χ2v) is 18.8. The third-order valence-electron chi connectivity index (χ3n) is 13.3. The maximum Gasteiger partial charge on any atom is 0.334 e. The van der Waals surface area contributed by atoms with Gasteiger partial charge in [-0.05, 0) is 66.8 Å². The van der Waals surface area contributed by atoms with E-state index in [9.17, 15) is 47.9 Å². The molecule has 6 rings (SSSR count). The Morgan fingerprint density at radius 2 is 0.714 bits per heavy atom. The maximum absolute atomic E-state index is 14.4. The van der Waals surface area contributed by atoms with E-state index >= 15 is 0 Å². The van der Waals surface area contributed by atoms with Gasteiger partial charge in [0.15, 0.2) is 0 Å². The van der Waals surface area contributed by atoms with E-state index in [-0.39, 0.29) is 19.6 Å². The molecule has 0 saturated carbocycles. The van der Waals surface area contributed by atoms with Crippen LogP contribution in [0.5, 0.6) is 0 Å². The molecule has 0 aliphatic carbocycles. The number of fused-ring (bicyclic) bond motifs is 2.